The zero-order valence-corrected chi connectivity index (χ0v) is 8.53. The van der Waals surface area contributed by atoms with Gasteiger partial charge in [0.1, 0.15) is 0 Å². The van der Waals surface area contributed by atoms with Gasteiger partial charge in [0.05, 0.1) is 5.69 Å². The molecular formula is C10H13NS. The minimum atomic E-state index is 1.06. The van der Waals surface area contributed by atoms with Crippen LogP contribution in [0.1, 0.15) is 17.0 Å². The standard InChI is InChI=1S/C10H13NS/c1-5-9-6-7(2)11-8(3)10(9)12-4/h5-6H,1H2,2-4H3. The Bertz CT molecular complexity index is 305. The van der Waals surface area contributed by atoms with E-state index in [1.54, 1.807) is 11.8 Å². The zero-order chi connectivity index (χ0) is 9.14. The van der Waals surface area contributed by atoms with E-state index in [0.29, 0.717) is 0 Å². The molecule has 0 saturated carbocycles. The van der Waals surface area contributed by atoms with E-state index in [9.17, 15) is 0 Å². The van der Waals surface area contributed by atoms with Crippen LogP contribution in [0.15, 0.2) is 17.5 Å². The molecule has 0 spiro atoms. The third-order valence-corrected chi connectivity index (χ3v) is 2.66. The van der Waals surface area contributed by atoms with Crippen molar-refractivity contribution in [1.29, 1.82) is 0 Å². The third kappa shape index (κ3) is 1.69. The maximum absolute atomic E-state index is 4.38. The molecule has 1 aromatic rings. The Labute approximate surface area is 77.9 Å². The predicted octanol–water partition coefficient (Wildman–Crippen LogP) is 3.06. The van der Waals surface area contributed by atoms with Crippen LogP contribution in [0.2, 0.25) is 0 Å². The van der Waals surface area contributed by atoms with E-state index in [2.05, 4.69) is 23.9 Å². The number of rotatable bonds is 2. The lowest BCUT2D eigenvalue weighted by atomic mass is 10.2. The molecule has 0 N–H and O–H groups in total. The maximum atomic E-state index is 4.38. The third-order valence-electron chi connectivity index (χ3n) is 1.72. The van der Waals surface area contributed by atoms with Crippen LogP contribution in [0.4, 0.5) is 0 Å². The van der Waals surface area contributed by atoms with Gasteiger partial charge in [-0.25, -0.2) is 0 Å². The second-order valence-corrected chi connectivity index (χ2v) is 3.49. The lowest BCUT2D eigenvalue weighted by Crippen LogP contribution is -1.92. The van der Waals surface area contributed by atoms with E-state index in [1.807, 2.05) is 19.9 Å². The number of pyridine rings is 1. The fraction of sp³-hybridized carbons (Fsp3) is 0.300. The van der Waals surface area contributed by atoms with Crippen molar-refractivity contribution in [2.24, 2.45) is 0 Å². The number of hydrogen-bond donors (Lipinski definition) is 0. The summed E-state index contributed by atoms with van der Waals surface area (Å²) >= 11 is 1.72. The minimum absolute atomic E-state index is 1.06. The molecule has 2 heteroatoms. The van der Waals surface area contributed by atoms with Crippen LogP contribution in [-0.2, 0) is 0 Å². The van der Waals surface area contributed by atoms with Gasteiger partial charge in [0.15, 0.2) is 0 Å². The molecule has 0 unspecified atom stereocenters. The van der Waals surface area contributed by atoms with Crippen molar-refractivity contribution in [2.75, 3.05) is 6.26 Å². The molecule has 1 rings (SSSR count). The molecule has 0 aliphatic carbocycles. The minimum Gasteiger partial charge on any atom is -0.257 e. The highest BCUT2D eigenvalue weighted by atomic mass is 32.2. The molecule has 0 fully saturated rings. The lowest BCUT2D eigenvalue weighted by Gasteiger charge is -2.06. The zero-order valence-electron chi connectivity index (χ0n) is 7.72. The summed E-state index contributed by atoms with van der Waals surface area (Å²) in [6.45, 7) is 7.82. The van der Waals surface area contributed by atoms with E-state index in [1.165, 1.54) is 10.5 Å². The highest BCUT2D eigenvalue weighted by Gasteiger charge is 2.03. The van der Waals surface area contributed by atoms with Gasteiger partial charge in [0, 0.05) is 10.6 Å². The molecule has 1 aromatic heterocycles. The predicted molar refractivity (Wildman–Crippen MR) is 55.6 cm³/mol. The number of hydrogen-bond acceptors (Lipinski definition) is 2. The Hall–Kier alpha value is -0.760. The summed E-state index contributed by atoms with van der Waals surface area (Å²) < 4.78 is 0. The van der Waals surface area contributed by atoms with Crippen molar-refractivity contribution in [3.63, 3.8) is 0 Å². The summed E-state index contributed by atoms with van der Waals surface area (Å²) in [5.41, 5.74) is 3.34. The molecule has 1 heterocycles. The molecule has 0 aromatic carbocycles. The normalized spacial score (nSPS) is 9.92. The molecule has 0 saturated heterocycles. The van der Waals surface area contributed by atoms with Crippen LogP contribution in [0.5, 0.6) is 0 Å². The summed E-state index contributed by atoms with van der Waals surface area (Å²) in [7, 11) is 0. The fourth-order valence-corrected chi connectivity index (χ4v) is 1.98. The van der Waals surface area contributed by atoms with Crippen molar-refractivity contribution in [3.8, 4) is 0 Å². The Kier molecular flexibility index (Phi) is 2.93. The smallest absolute Gasteiger partial charge is 0.0517 e. The quantitative estimate of drug-likeness (QED) is 0.647. The molecule has 0 amide bonds. The van der Waals surface area contributed by atoms with Gasteiger partial charge in [-0.3, -0.25) is 4.98 Å². The van der Waals surface area contributed by atoms with Crippen molar-refractivity contribution in [2.45, 2.75) is 18.7 Å². The lowest BCUT2D eigenvalue weighted by molar-refractivity contribution is 1.05. The number of aromatic nitrogens is 1. The molecule has 0 aliphatic heterocycles. The first kappa shape index (κ1) is 9.33. The van der Waals surface area contributed by atoms with E-state index < -0.39 is 0 Å². The average Bonchev–Trinajstić information content (AvgIpc) is 2.03. The van der Waals surface area contributed by atoms with Gasteiger partial charge in [-0.2, -0.15) is 0 Å². The largest absolute Gasteiger partial charge is 0.257 e. The topological polar surface area (TPSA) is 12.9 Å². The molecule has 0 aliphatic rings. The van der Waals surface area contributed by atoms with Gasteiger partial charge in [0.2, 0.25) is 0 Å². The first-order valence-corrected chi connectivity index (χ1v) is 5.06. The molecule has 0 radical (unpaired) electrons. The number of nitrogens with zero attached hydrogens (tertiary/aromatic N) is 1. The highest BCUT2D eigenvalue weighted by Crippen LogP contribution is 2.24. The SMILES string of the molecule is C=Cc1cc(C)nc(C)c1SC. The van der Waals surface area contributed by atoms with Crippen LogP contribution in [-0.4, -0.2) is 11.2 Å². The highest BCUT2D eigenvalue weighted by molar-refractivity contribution is 7.98. The second kappa shape index (κ2) is 3.76. The molecule has 0 atom stereocenters. The Morgan fingerprint density at radius 1 is 1.50 bits per heavy atom. The number of thioether (sulfide) groups is 1. The van der Waals surface area contributed by atoms with Crippen LogP contribution < -0.4 is 0 Å². The van der Waals surface area contributed by atoms with Gasteiger partial charge in [-0.05, 0) is 31.7 Å². The van der Waals surface area contributed by atoms with Gasteiger partial charge < -0.3 is 0 Å². The van der Waals surface area contributed by atoms with Crippen LogP contribution in [0.25, 0.3) is 6.08 Å². The van der Waals surface area contributed by atoms with E-state index >= 15 is 0 Å². The van der Waals surface area contributed by atoms with Crippen molar-refractivity contribution in [3.05, 3.63) is 29.6 Å². The fourth-order valence-electron chi connectivity index (χ4n) is 1.26. The Morgan fingerprint density at radius 2 is 2.17 bits per heavy atom. The van der Waals surface area contributed by atoms with E-state index in [4.69, 9.17) is 0 Å². The van der Waals surface area contributed by atoms with Gasteiger partial charge in [-0.15, -0.1) is 11.8 Å². The molecular weight excluding hydrogens is 166 g/mol. The maximum Gasteiger partial charge on any atom is 0.0517 e. The van der Waals surface area contributed by atoms with Crippen molar-refractivity contribution in [1.82, 2.24) is 4.98 Å². The summed E-state index contributed by atoms with van der Waals surface area (Å²) in [6, 6.07) is 2.06. The molecule has 1 nitrogen and oxygen atoms in total. The van der Waals surface area contributed by atoms with E-state index in [-0.39, 0.29) is 0 Å². The van der Waals surface area contributed by atoms with Gasteiger partial charge in [0.25, 0.3) is 0 Å². The van der Waals surface area contributed by atoms with Crippen molar-refractivity contribution < 1.29 is 0 Å². The van der Waals surface area contributed by atoms with Crippen LogP contribution in [0, 0.1) is 13.8 Å². The van der Waals surface area contributed by atoms with Gasteiger partial charge >= 0.3 is 0 Å². The van der Waals surface area contributed by atoms with Crippen molar-refractivity contribution >= 4 is 17.8 Å². The van der Waals surface area contributed by atoms with Crippen LogP contribution >= 0.6 is 11.8 Å². The average molecular weight is 179 g/mol. The first-order valence-electron chi connectivity index (χ1n) is 3.83. The molecule has 0 bridgehead atoms. The van der Waals surface area contributed by atoms with Crippen LogP contribution in [0.3, 0.4) is 0 Å². The summed E-state index contributed by atoms with van der Waals surface area (Å²) in [4.78, 5) is 5.62. The Balaban J connectivity index is 3.33. The molecule has 64 valence electrons. The first-order chi connectivity index (χ1) is 5.69. The summed E-state index contributed by atoms with van der Waals surface area (Å²) in [5, 5.41) is 0. The monoisotopic (exact) mass is 179 g/mol. The summed E-state index contributed by atoms with van der Waals surface area (Å²) in [6.07, 6.45) is 3.94. The number of aryl methyl sites for hydroxylation is 2. The summed E-state index contributed by atoms with van der Waals surface area (Å²) in [5.74, 6) is 0. The van der Waals surface area contributed by atoms with E-state index in [0.717, 1.165) is 11.4 Å². The molecule has 12 heavy (non-hydrogen) atoms. The van der Waals surface area contributed by atoms with Gasteiger partial charge in [-0.1, -0.05) is 12.7 Å². The Morgan fingerprint density at radius 3 is 2.67 bits per heavy atom. The second-order valence-electron chi connectivity index (χ2n) is 2.68.